The minimum Gasteiger partial charge on any atom is -0.493 e. The maximum atomic E-state index is 8.86. The average molecular weight is 318 g/mol. The highest BCUT2D eigenvalue weighted by atomic mass is 32.1. The molecule has 3 atom stereocenters. The van der Waals surface area contributed by atoms with Gasteiger partial charge in [-0.15, -0.1) is 0 Å². The standard InChI is InChI=1S/C15H18N4O2S/c16-7-9-6-11(17)13(8-21-9)19-15(22)18-12-2-1-3-14-10(12)4-5-20-14/h1-3,9,11,13H,4-6,8,17H2,(H2,18,19,22)/t9-,11-,13+/m1/s1. The number of nitrogens with one attached hydrogen (secondary N) is 2. The summed E-state index contributed by atoms with van der Waals surface area (Å²) in [5.74, 6) is 0.905. The van der Waals surface area contributed by atoms with E-state index in [0.717, 1.165) is 23.4 Å². The fraction of sp³-hybridized carbons (Fsp3) is 0.467. The minimum absolute atomic E-state index is 0.0994. The van der Waals surface area contributed by atoms with Crippen LogP contribution in [0.2, 0.25) is 0 Å². The lowest BCUT2D eigenvalue weighted by atomic mass is 10.0. The van der Waals surface area contributed by atoms with Gasteiger partial charge < -0.3 is 25.8 Å². The van der Waals surface area contributed by atoms with Crippen LogP contribution in [0.3, 0.4) is 0 Å². The molecule has 1 fully saturated rings. The van der Waals surface area contributed by atoms with Gasteiger partial charge in [0, 0.05) is 30.1 Å². The summed E-state index contributed by atoms with van der Waals surface area (Å²) in [4.78, 5) is 0. The van der Waals surface area contributed by atoms with Gasteiger partial charge in [0.05, 0.1) is 25.3 Å². The lowest BCUT2D eigenvalue weighted by Gasteiger charge is -2.32. The first-order valence-corrected chi connectivity index (χ1v) is 7.67. The van der Waals surface area contributed by atoms with Crippen LogP contribution in [0.15, 0.2) is 18.2 Å². The molecule has 2 aliphatic rings. The van der Waals surface area contributed by atoms with Crippen LogP contribution >= 0.6 is 12.2 Å². The molecule has 3 rings (SSSR count). The van der Waals surface area contributed by atoms with E-state index in [2.05, 4.69) is 16.7 Å². The van der Waals surface area contributed by atoms with E-state index in [1.54, 1.807) is 0 Å². The molecule has 1 aromatic carbocycles. The summed E-state index contributed by atoms with van der Waals surface area (Å²) in [6.07, 6.45) is 0.951. The van der Waals surface area contributed by atoms with Gasteiger partial charge >= 0.3 is 0 Å². The molecule has 1 aromatic rings. The van der Waals surface area contributed by atoms with Gasteiger partial charge in [-0.2, -0.15) is 5.26 Å². The predicted molar refractivity (Wildman–Crippen MR) is 86.7 cm³/mol. The van der Waals surface area contributed by atoms with Crippen molar-refractivity contribution in [1.29, 1.82) is 5.26 Å². The molecule has 7 heteroatoms. The highest BCUT2D eigenvalue weighted by Crippen LogP contribution is 2.31. The van der Waals surface area contributed by atoms with Crippen molar-refractivity contribution in [2.45, 2.75) is 31.0 Å². The van der Waals surface area contributed by atoms with E-state index in [0.29, 0.717) is 24.7 Å². The Kier molecular flexibility index (Phi) is 4.43. The van der Waals surface area contributed by atoms with E-state index >= 15 is 0 Å². The number of fused-ring (bicyclic) bond motifs is 1. The summed E-state index contributed by atoms with van der Waals surface area (Å²) in [5, 5.41) is 15.7. The van der Waals surface area contributed by atoms with Crippen LogP contribution in [0.25, 0.3) is 0 Å². The van der Waals surface area contributed by atoms with Crippen LogP contribution in [0.4, 0.5) is 5.69 Å². The smallest absolute Gasteiger partial charge is 0.171 e. The number of thiocarbonyl (C=S) groups is 1. The highest BCUT2D eigenvalue weighted by molar-refractivity contribution is 7.80. The Morgan fingerprint density at radius 1 is 1.45 bits per heavy atom. The van der Waals surface area contributed by atoms with E-state index in [1.807, 2.05) is 18.2 Å². The van der Waals surface area contributed by atoms with Crippen molar-refractivity contribution in [3.8, 4) is 11.8 Å². The molecule has 0 aromatic heterocycles. The summed E-state index contributed by atoms with van der Waals surface area (Å²) >= 11 is 5.36. The lowest BCUT2D eigenvalue weighted by Crippen LogP contribution is -2.55. The number of nitrogens with zero attached hydrogens (tertiary/aromatic N) is 1. The van der Waals surface area contributed by atoms with Gasteiger partial charge in [-0.3, -0.25) is 0 Å². The molecule has 0 aliphatic carbocycles. The van der Waals surface area contributed by atoms with Crippen LogP contribution < -0.4 is 21.1 Å². The largest absolute Gasteiger partial charge is 0.493 e. The van der Waals surface area contributed by atoms with E-state index in [4.69, 9.17) is 32.7 Å². The number of benzene rings is 1. The minimum atomic E-state index is -0.427. The number of nitriles is 1. The number of anilines is 1. The van der Waals surface area contributed by atoms with Gasteiger partial charge in [0.2, 0.25) is 0 Å². The molecule has 116 valence electrons. The summed E-state index contributed by atoms with van der Waals surface area (Å²) in [7, 11) is 0. The zero-order valence-corrected chi connectivity index (χ0v) is 12.9. The molecule has 0 amide bonds. The normalized spacial score (nSPS) is 26.5. The summed E-state index contributed by atoms with van der Waals surface area (Å²) < 4.78 is 11.0. The van der Waals surface area contributed by atoms with Crippen molar-refractivity contribution in [1.82, 2.24) is 5.32 Å². The first-order valence-electron chi connectivity index (χ1n) is 7.26. The molecule has 0 saturated carbocycles. The quantitative estimate of drug-likeness (QED) is 0.698. The number of hydrogen-bond donors (Lipinski definition) is 3. The van der Waals surface area contributed by atoms with Crippen molar-refractivity contribution in [3.05, 3.63) is 23.8 Å². The molecular formula is C15H18N4O2S. The molecule has 0 radical (unpaired) electrons. The van der Waals surface area contributed by atoms with Crippen LogP contribution in [-0.4, -0.2) is 36.5 Å². The van der Waals surface area contributed by atoms with Crippen LogP contribution in [0.5, 0.6) is 5.75 Å². The average Bonchev–Trinajstić information content (AvgIpc) is 2.99. The van der Waals surface area contributed by atoms with Crippen molar-refractivity contribution in [2.24, 2.45) is 5.73 Å². The van der Waals surface area contributed by atoms with Gasteiger partial charge in [-0.25, -0.2) is 0 Å². The van der Waals surface area contributed by atoms with E-state index in [-0.39, 0.29) is 12.1 Å². The topological polar surface area (TPSA) is 92.3 Å². The van der Waals surface area contributed by atoms with Crippen molar-refractivity contribution in [2.75, 3.05) is 18.5 Å². The van der Waals surface area contributed by atoms with Gasteiger partial charge in [-0.1, -0.05) is 6.07 Å². The van der Waals surface area contributed by atoms with E-state index in [9.17, 15) is 0 Å². The van der Waals surface area contributed by atoms with E-state index in [1.165, 1.54) is 0 Å². The molecule has 4 N–H and O–H groups in total. The zero-order valence-electron chi connectivity index (χ0n) is 12.0. The Labute approximate surface area is 134 Å². The fourth-order valence-corrected chi connectivity index (χ4v) is 2.99. The predicted octanol–water partition coefficient (Wildman–Crippen LogP) is 0.916. The van der Waals surface area contributed by atoms with Crippen molar-refractivity contribution >= 4 is 23.0 Å². The maximum Gasteiger partial charge on any atom is 0.171 e. The van der Waals surface area contributed by atoms with Crippen molar-refractivity contribution in [3.63, 3.8) is 0 Å². The first-order chi connectivity index (χ1) is 10.7. The van der Waals surface area contributed by atoms with E-state index < -0.39 is 6.10 Å². The summed E-state index contributed by atoms with van der Waals surface area (Å²) in [6.45, 7) is 1.07. The van der Waals surface area contributed by atoms with Crippen LogP contribution in [-0.2, 0) is 11.2 Å². The SMILES string of the molecule is N#C[C@H]1C[C@@H](N)[C@@H](NC(=S)Nc2cccc3c2CCO3)CO1. The number of nitrogens with two attached hydrogens (primary N) is 1. The third-order valence-corrected chi connectivity index (χ3v) is 4.15. The molecule has 1 saturated heterocycles. The number of rotatable bonds is 2. The maximum absolute atomic E-state index is 8.86. The highest BCUT2D eigenvalue weighted by Gasteiger charge is 2.29. The third kappa shape index (κ3) is 3.14. The Bertz CT molecular complexity index is 616. The molecule has 0 bridgehead atoms. The lowest BCUT2D eigenvalue weighted by molar-refractivity contribution is 0.0242. The molecule has 2 aliphatic heterocycles. The number of ether oxygens (including phenoxy) is 2. The van der Waals surface area contributed by atoms with Gasteiger partial charge in [0.25, 0.3) is 0 Å². The van der Waals surface area contributed by atoms with Crippen LogP contribution in [0.1, 0.15) is 12.0 Å². The second kappa shape index (κ2) is 6.48. The summed E-state index contributed by atoms with van der Waals surface area (Å²) in [6, 6.07) is 7.69. The van der Waals surface area contributed by atoms with Crippen LogP contribution in [0, 0.1) is 11.3 Å². The molecule has 22 heavy (non-hydrogen) atoms. The third-order valence-electron chi connectivity index (χ3n) is 3.93. The molecule has 0 unspecified atom stereocenters. The molecule has 2 heterocycles. The van der Waals surface area contributed by atoms with Crippen molar-refractivity contribution < 1.29 is 9.47 Å². The number of hydrogen-bond acceptors (Lipinski definition) is 5. The molecular weight excluding hydrogens is 300 g/mol. The Morgan fingerprint density at radius 2 is 2.32 bits per heavy atom. The van der Waals surface area contributed by atoms with Gasteiger partial charge in [0.15, 0.2) is 5.11 Å². The Morgan fingerprint density at radius 3 is 3.09 bits per heavy atom. The summed E-state index contributed by atoms with van der Waals surface area (Å²) in [5.41, 5.74) is 8.17. The Balaban J connectivity index is 1.60. The second-order valence-electron chi connectivity index (χ2n) is 5.44. The van der Waals surface area contributed by atoms with Gasteiger partial charge in [-0.05, 0) is 24.4 Å². The Hall–Kier alpha value is -1.88. The van der Waals surface area contributed by atoms with Gasteiger partial charge in [0.1, 0.15) is 11.9 Å². The molecule has 6 nitrogen and oxygen atoms in total. The fourth-order valence-electron chi connectivity index (χ4n) is 2.73. The zero-order chi connectivity index (χ0) is 15.5. The molecule has 0 spiro atoms. The second-order valence-corrected chi connectivity index (χ2v) is 5.84. The first kappa shape index (κ1) is 15.0. The monoisotopic (exact) mass is 318 g/mol.